The second-order valence-electron chi connectivity index (χ2n) is 4.20. The first kappa shape index (κ1) is 11.5. The van der Waals surface area contributed by atoms with E-state index in [2.05, 4.69) is 0 Å². The van der Waals surface area contributed by atoms with Crippen LogP contribution in [-0.4, -0.2) is 15.5 Å². The zero-order valence-corrected chi connectivity index (χ0v) is 9.88. The number of benzene rings is 1. The Hall–Kier alpha value is -2.62. The van der Waals surface area contributed by atoms with Gasteiger partial charge in [-0.2, -0.15) is 0 Å². The Morgan fingerprint density at radius 2 is 1.79 bits per heavy atom. The highest BCUT2D eigenvalue weighted by Gasteiger charge is 2.19. The molecule has 2 aromatic heterocycles. The van der Waals surface area contributed by atoms with Crippen LogP contribution in [0, 0.1) is 5.82 Å². The monoisotopic (exact) mass is 255 g/mol. The number of hydrogen-bond acceptors (Lipinski definition) is 1. The lowest BCUT2D eigenvalue weighted by atomic mass is 10.0. The van der Waals surface area contributed by atoms with E-state index in [4.69, 9.17) is 0 Å². The summed E-state index contributed by atoms with van der Waals surface area (Å²) in [6, 6.07) is 11.4. The number of pyridine rings is 1. The number of fused-ring (bicyclic) bond motifs is 1. The normalized spacial score (nSPS) is 10.8. The van der Waals surface area contributed by atoms with Gasteiger partial charge in [0.15, 0.2) is 0 Å². The summed E-state index contributed by atoms with van der Waals surface area (Å²) in [6.07, 6.45) is 3.38. The molecule has 0 aliphatic rings. The average Bonchev–Trinajstić information content (AvgIpc) is 2.78. The quantitative estimate of drug-likeness (QED) is 0.762. The summed E-state index contributed by atoms with van der Waals surface area (Å²) in [5.41, 5.74) is 1.35. The van der Waals surface area contributed by atoms with Crippen molar-refractivity contribution in [2.45, 2.75) is 0 Å². The molecule has 4 heteroatoms. The van der Waals surface area contributed by atoms with Crippen LogP contribution >= 0.6 is 0 Å². The zero-order valence-electron chi connectivity index (χ0n) is 9.88. The van der Waals surface area contributed by atoms with Gasteiger partial charge in [0.25, 0.3) is 0 Å². The van der Waals surface area contributed by atoms with Gasteiger partial charge in [-0.15, -0.1) is 0 Å². The Kier molecular flexibility index (Phi) is 2.56. The van der Waals surface area contributed by atoms with E-state index < -0.39 is 11.8 Å². The second-order valence-corrected chi connectivity index (χ2v) is 4.20. The van der Waals surface area contributed by atoms with E-state index in [0.29, 0.717) is 16.6 Å². The van der Waals surface area contributed by atoms with Gasteiger partial charge in [-0.25, -0.2) is 9.18 Å². The summed E-state index contributed by atoms with van der Waals surface area (Å²) < 4.78 is 15.5. The topological polar surface area (TPSA) is 41.7 Å². The summed E-state index contributed by atoms with van der Waals surface area (Å²) in [7, 11) is 0. The Bertz CT molecular complexity index is 777. The van der Waals surface area contributed by atoms with E-state index in [1.807, 2.05) is 0 Å². The third-order valence-corrected chi connectivity index (χ3v) is 3.06. The maximum absolute atomic E-state index is 13.8. The molecule has 0 aliphatic heterocycles. The van der Waals surface area contributed by atoms with Crippen LogP contribution in [0.25, 0.3) is 16.6 Å². The first-order valence-electron chi connectivity index (χ1n) is 5.76. The molecule has 0 spiro atoms. The molecule has 0 saturated heterocycles. The highest BCUT2D eigenvalue weighted by molar-refractivity contribution is 6.03. The van der Waals surface area contributed by atoms with Crippen molar-refractivity contribution < 1.29 is 14.3 Å². The average molecular weight is 255 g/mol. The minimum atomic E-state index is -1.06. The molecule has 3 aromatic rings. The van der Waals surface area contributed by atoms with Crippen molar-refractivity contribution in [2.24, 2.45) is 0 Å². The first-order chi connectivity index (χ1) is 9.18. The van der Waals surface area contributed by atoms with Gasteiger partial charge >= 0.3 is 5.97 Å². The SMILES string of the molecule is O=C(O)c1c(-c2ccccc2F)cn2ccccc12. The lowest BCUT2D eigenvalue weighted by molar-refractivity contribution is 0.0700. The van der Waals surface area contributed by atoms with Crippen LogP contribution in [0.4, 0.5) is 4.39 Å². The molecule has 3 rings (SSSR count). The number of aromatic nitrogens is 1. The highest BCUT2D eigenvalue weighted by Crippen LogP contribution is 2.30. The lowest BCUT2D eigenvalue weighted by Gasteiger charge is -2.02. The van der Waals surface area contributed by atoms with Crippen molar-refractivity contribution >= 4 is 11.5 Å². The number of hydrogen-bond donors (Lipinski definition) is 1. The van der Waals surface area contributed by atoms with Crippen LogP contribution in [0.2, 0.25) is 0 Å². The fourth-order valence-electron chi connectivity index (χ4n) is 2.23. The summed E-state index contributed by atoms with van der Waals surface area (Å²) in [5.74, 6) is -1.49. The molecule has 0 aliphatic carbocycles. The van der Waals surface area contributed by atoms with E-state index in [-0.39, 0.29) is 5.56 Å². The fraction of sp³-hybridized carbons (Fsp3) is 0. The molecular weight excluding hydrogens is 245 g/mol. The van der Waals surface area contributed by atoms with E-state index in [9.17, 15) is 14.3 Å². The summed E-state index contributed by atoms with van der Waals surface area (Å²) in [6.45, 7) is 0. The van der Waals surface area contributed by atoms with Crippen molar-refractivity contribution in [1.29, 1.82) is 0 Å². The second kappa shape index (κ2) is 4.24. The van der Waals surface area contributed by atoms with E-state index in [1.54, 1.807) is 53.2 Å². The van der Waals surface area contributed by atoms with Crippen LogP contribution in [0.15, 0.2) is 54.9 Å². The molecule has 1 N–H and O–H groups in total. The number of carbonyl (C=O) groups is 1. The maximum atomic E-state index is 13.8. The van der Waals surface area contributed by atoms with E-state index in [0.717, 1.165) is 0 Å². The Labute approximate surface area is 108 Å². The summed E-state index contributed by atoms with van der Waals surface area (Å²) in [5, 5.41) is 9.37. The van der Waals surface area contributed by atoms with Gasteiger partial charge in [-0.3, -0.25) is 0 Å². The third-order valence-electron chi connectivity index (χ3n) is 3.06. The zero-order chi connectivity index (χ0) is 13.4. The van der Waals surface area contributed by atoms with Crippen LogP contribution in [0.1, 0.15) is 10.4 Å². The molecule has 3 nitrogen and oxygen atoms in total. The molecule has 94 valence electrons. The van der Waals surface area contributed by atoms with Crippen molar-refractivity contribution in [1.82, 2.24) is 4.40 Å². The smallest absolute Gasteiger partial charge is 0.338 e. The molecule has 0 saturated carbocycles. The van der Waals surface area contributed by atoms with Gasteiger partial charge in [0.1, 0.15) is 5.82 Å². The minimum absolute atomic E-state index is 0.116. The largest absolute Gasteiger partial charge is 0.478 e. The number of halogens is 1. The molecule has 1 aromatic carbocycles. The number of carboxylic acid groups (broad SMARTS) is 1. The number of nitrogens with zero attached hydrogens (tertiary/aromatic N) is 1. The molecule has 0 fully saturated rings. The van der Waals surface area contributed by atoms with E-state index in [1.165, 1.54) is 6.07 Å². The minimum Gasteiger partial charge on any atom is -0.478 e. The Balaban J connectivity index is 2.38. The van der Waals surface area contributed by atoms with Crippen LogP contribution in [0.3, 0.4) is 0 Å². The number of carboxylic acids is 1. The molecule has 0 unspecified atom stereocenters. The summed E-state index contributed by atoms with van der Waals surface area (Å²) >= 11 is 0. The maximum Gasteiger partial charge on any atom is 0.338 e. The molecule has 0 amide bonds. The van der Waals surface area contributed by atoms with Gasteiger partial charge in [-0.05, 0) is 18.2 Å². The van der Waals surface area contributed by atoms with Gasteiger partial charge in [0.2, 0.25) is 0 Å². The van der Waals surface area contributed by atoms with Crippen molar-refractivity contribution in [3.8, 4) is 11.1 Å². The Morgan fingerprint density at radius 3 is 2.53 bits per heavy atom. The number of rotatable bonds is 2. The van der Waals surface area contributed by atoms with Crippen molar-refractivity contribution in [3.05, 3.63) is 66.2 Å². The predicted molar refractivity (Wildman–Crippen MR) is 69.8 cm³/mol. The standard InChI is InChI=1S/C15H10FNO2/c16-12-6-2-1-5-10(12)11-9-17-8-4-3-7-13(17)14(11)15(18)19/h1-9H,(H,18,19). The lowest BCUT2D eigenvalue weighted by Crippen LogP contribution is -1.98. The molecular formula is C15H10FNO2. The van der Waals surface area contributed by atoms with E-state index >= 15 is 0 Å². The highest BCUT2D eigenvalue weighted by atomic mass is 19.1. The Morgan fingerprint density at radius 1 is 1.05 bits per heavy atom. The molecule has 0 atom stereocenters. The molecule has 0 radical (unpaired) electrons. The van der Waals surface area contributed by atoms with Crippen molar-refractivity contribution in [3.63, 3.8) is 0 Å². The van der Waals surface area contributed by atoms with Crippen LogP contribution in [-0.2, 0) is 0 Å². The van der Waals surface area contributed by atoms with Gasteiger partial charge < -0.3 is 9.51 Å². The van der Waals surface area contributed by atoms with Crippen LogP contribution < -0.4 is 0 Å². The molecule has 2 heterocycles. The van der Waals surface area contributed by atoms with Crippen molar-refractivity contribution in [2.75, 3.05) is 0 Å². The van der Waals surface area contributed by atoms with Gasteiger partial charge in [0, 0.05) is 23.5 Å². The molecule has 0 bridgehead atoms. The van der Waals surface area contributed by atoms with Gasteiger partial charge in [-0.1, -0.05) is 24.3 Å². The third kappa shape index (κ3) is 1.78. The number of aromatic carboxylic acids is 1. The van der Waals surface area contributed by atoms with Gasteiger partial charge in [0.05, 0.1) is 11.1 Å². The summed E-state index contributed by atoms with van der Waals surface area (Å²) in [4.78, 5) is 11.4. The predicted octanol–water partition coefficient (Wildman–Crippen LogP) is 3.44. The fourth-order valence-corrected chi connectivity index (χ4v) is 2.23. The first-order valence-corrected chi connectivity index (χ1v) is 5.76. The molecule has 19 heavy (non-hydrogen) atoms. The van der Waals surface area contributed by atoms with Crippen LogP contribution in [0.5, 0.6) is 0 Å².